The minimum atomic E-state index is -0.00619. The summed E-state index contributed by atoms with van der Waals surface area (Å²) in [5.74, 6) is 5.67. The first-order valence-corrected chi connectivity index (χ1v) is 12.6. The van der Waals surface area contributed by atoms with E-state index in [1.165, 1.54) is 70.6 Å². The Balaban J connectivity index is 1.49. The molecule has 4 aliphatic rings. The molecule has 0 radical (unpaired) electrons. The van der Waals surface area contributed by atoms with Gasteiger partial charge >= 0.3 is 0 Å². The van der Waals surface area contributed by atoms with Crippen LogP contribution in [0.5, 0.6) is 0 Å². The molecular weight excluding hydrogens is 328 g/mol. The van der Waals surface area contributed by atoms with Crippen molar-refractivity contribution in [3.8, 4) is 0 Å². The molecule has 0 saturated heterocycles. The molecule has 1 unspecified atom stereocenters. The number of hydrogen-bond donors (Lipinski definition) is 1. The van der Waals surface area contributed by atoms with Crippen LogP contribution < -0.4 is 0 Å². The highest BCUT2D eigenvalue weighted by Crippen LogP contribution is 2.68. The lowest BCUT2D eigenvalue weighted by Crippen LogP contribution is -2.54. The van der Waals surface area contributed by atoms with Crippen LogP contribution in [0.25, 0.3) is 0 Å². The van der Waals surface area contributed by atoms with Crippen molar-refractivity contribution in [2.24, 2.45) is 46.3 Å². The fraction of sp³-hybridized carbons (Fsp3) is 1.00. The highest BCUT2D eigenvalue weighted by molar-refractivity contribution is 5.09. The maximum Gasteiger partial charge on any atom is 0.0543 e. The summed E-state index contributed by atoms with van der Waals surface area (Å²) in [4.78, 5) is 0. The third-order valence-electron chi connectivity index (χ3n) is 10.7. The maximum absolute atomic E-state index is 10.2. The molecule has 0 aromatic rings. The molecule has 0 amide bonds. The number of unbranched alkanes of at least 4 members (excludes halogenated alkanes) is 2. The van der Waals surface area contributed by atoms with Crippen molar-refractivity contribution in [1.82, 2.24) is 0 Å². The smallest absolute Gasteiger partial charge is 0.0543 e. The molecule has 4 fully saturated rings. The molecule has 0 aliphatic heterocycles. The SMILES string of the molecule is CCCCCC(C)[C@H]1CC[C@H]2[C@@H]3CC[C@H]4C[C@@H](O)CC[C@]4(C)[C@H]3CC[C@]12C. The molecule has 0 aromatic carbocycles. The summed E-state index contributed by atoms with van der Waals surface area (Å²) < 4.78 is 0. The van der Waals surface area contributed by atoms with E-state index in [1.54, 1.807) is 0 Å². The zero-order valence-electron chi connectivity index (χ0n) is 18.7. The zero-order valence-corrected chi connectivity index (χ0v) is 18.7. The second-order valence-corrected chi connectivity index (χ2v) is 11.8. The van der Waals surface area contributed by atoms with Gasteiger partial charge in [-0.3, -0.25) is 0 Å². The average Bonchev–Trinajstić information content (AvgIpc) is 3.00. The molecular formula is C26H46O. The van der Waals surface area contributed by atoms with E-state index in [0.717, 1.165) is 48.3 Å². The van der Waals surface area contributed by atoms with Crippen LogP contribution in [0.1, 0.15) is 111 Å². The zero-order chi connectivity index (χ0) is 19.2. The summed E-state index contributed by atoms with van der Waals surface area (Å²) in [6.07, 6.45) is 18.0. The van der Waals surface area contributed by atoms with E-state index in [0.29, 0.717) is 10.8 Å². The Labute approximate surface area is 169 Å². The summed E-state index contributed by atoms with van der Waals surface area (Å²) in [7, 11) is 0. The highest BCUT2D eigenvalue weighted by Gasteiger charge is 2.60. The summed E-state index contributed by atoms with van der Waals surface area (Å²) in [6.45, 7) is 10.3. The van der Waals surface area contributed by atoms with Gasteiger partial charge in [-0.1, -0.05) is 53.4 Å². The van der Waals surface area contributed by atoms with E-state index in [9.17, 15) is 5.11 Å². The second-order valence-electron chi connectivity index (χ2n) is 11.8. The normalized spacial score (nSPS) is 50.6. The highest BCUT2D eigenvalue weighted by atomic mass is 16.3. The first-order valence-electron chi connectivity index (χ1n) is 12.6. The summed E-state index contributed by atoms with van der Waals surface area (Å²) >= 11 is 0. The van der Waals surface area contributed by atoms with Crippen LogP contribution in [0, 0.1) is 46.3 Å². The van der Waals surface area contributed by atoms with Gasteiger partial charge in [0.25, 0.3) is 0 Å². The van der Waals surface area contributed by atoms with Crippen LogP contribution in [0.2, 0.25) is 0 Å². The second kappa shape index (κ2) is 7.66. The van der Waals surface area contributed by atoms with Gasteiger partial charge in [-0.15, -0.1) is 0 Å². The van der Waals surface area contributed by atoms with Crippen LogP contribution in [0.3, 0.4) is 0 Å². The first-order chi connectivity index (χ1) is 12.9. The summed E-state index contributed by atoms with van der Waals surface area (Å²) in [5, 5.41) is 10.2. The Kier molecular flexibility index (Phi) is 5.74. The van der Waals surface area contributed by atoms with Gasteiger partial charge in [0.1, 0.15) is 0 Å². The predicted octanol–water partition coefficient (Wildman–Crippen LogP) is 7.22. The third kappa shape index (κ3) is 3.32. The lowest BCUT2D eigenvalue weighted by Gasteiger charge is -2.61. The van der Waals surface area contributed by atoms with E-state index in [2.05, 4.69) is 27.7 Å². The molecule has 1 N–H and O–H groups in total. The maximum atomic E-state index is 10.2. The molecule has 4 rings (SSSR count). The number of rotatable bonds is 5. The van der Waals surface area contributed by atoms with E-state index >= 15 is 0 Å². The molecule has 0 spiro atoms. The van der Waals surface area contributed by atoms with Gasteiger partial charge in [-0.05, 0) is 104 Å². The molecule has 27 heavy (non-hydrogen) atoms. The number of aliphatic hydroxyl groups is 1. The quantitative estimate of drug-likeness (QED) is 0.503. The van der Waals surface area contributed by atoms with Gasteiger partial charge in [-0.2, -0.15) is 0 Å². The van der Waals surface area contributed by atoms with Gasteiger partial charge in [0.2, 0.25) is 0 Å². The van der Waals surface area contributed by atoms with E-state index in [1.807, 2.05) is 0 Å². The monoisotopic (exact) mass is 374 g/mol. The third-order valence-corrected chi connectivity index (χ3v) is 10.7. The van der Waals surface area contributed by atoms with Gasteiger partial charge in [-0.25, -0.2) is 0 Å². The van der Waals surface area contributed by atoms with E-state index in [-0.39, 0.29) is 6.10 Å². The van der Waals surface area contributed by atoms with Crippen molar-refractivity contribution in [1.29, 1.82) is 0 Å². The summed E-state index contributed by atoms with van der Waals surface area (Å²) in [6, 6.07) is 0. The molecule has 0 aromatic heterocycles. The van der Waals surface area contributed by atoms with Crippen LogP contribution in [-0.2, 0) is 0 Å². The average molecular weight is 375 g/mol. The van der Waals surface area contributed by atoms with Crippen LogP contribution in [0.4, 0.5) is 0 Å². The topological polar surface area (TPSA) is 20.2 Å². The minimum Gasteiger partial charge on any atom is -0.393 e. The molecule has 1 heteroatoms. The molecule has 156 valence electrons. The predicted molar refractivity (Wildman–Crippen MR) is 115 cm³/mol. The molecule has 9 atom stereocenters. The van der Waals surface area contributed by atoms with Gasteiger partial charge in [0.05, 0.1) is 6.10 Å². The Morgan fingerprint density at radius 1 is 0.889 bits per heavy atom. The standard InChI is InChI=1S/C26H46O/c1-5-6-7-8-18(2)22-11-12-23-21-10-9-19-17-20(27)13-15-25(19,3)24(21)14-16-26(22,23)4/h18-24,27H,5-17H2,1-4H3/t18?,19-,20-,21-,22+,23-,24-,25-,26+/m0/s1. The van der Waals surface area contributed by atoms with E-state index < -0.39 is 0 Å². The van der Waals surface area contributed by atoms with Crippen molar-refractivity contribution in [3.63, 3.8) is 0 Å². The van der Waals surface area contributed by atoms with E-state index in [4.69, 9.17) is 0 Å². The Morgan fingerprint density at radius 3 is 2.41 bits per heavy atom. The van der Waals surface area contributed by atoms with Crippen molar-refractivity contribution in [2.45, 2.75) is 117 Å². The van der Waals surface area contributed by atoms with Crippen molar-refractivity contribution < 1.29 is 5.11 Å². The summed E-state index contributed by atoms with van der Waals surface area (Å²) in [5.41, 5.74) is 1.17. The fourth-order valence-corrected chi connectivity index (χ4v) is 9.13. The Morgan fingerprint density at radius 2 is 1.63 bits per heavy atom. The Bertz CT molecular complexity index is 514. The molecule has 0 bridgehead atoms. The van der Waals surface area contributed by atoms with Crippen molar-refractivity contribution in [3.05, 3.63) is 0 Å². The van der Waals surface area contributed by atoms with Crippen molar-refractivity contribution in [2.75, 3.05) is 0 Å². The van der Waals surface area contributed by atoms with Crippen molar-refractivity contribution >= 4 is 0 Å². The molecule has 1 nitrogen and oxygen atoms in total. The van der Waals surface area contributed by atoms with Gasteiger partial charge in [0, 0.05) is 0 Å². The van der Waals surface area contributed by atoms with Crippen LogP contribution in [-0.4, -0.2) is 11.2 Å². The largest absolute Gasteiger partial charge is 0.393 e. The van der Waals surface area contributed by atoms with Gasteiger partial charge in [0.15, 0.2) is 0 Å². The van der Waals surface area contributed by atoms with Gasteiger partial charge < -0.3 is 5.11 Å². The first kappa shape index (κ1) is 20.2. The lowest BCUT2D eigenvalue weighted by molar-refractivity contribution is -0.129. The Hall–Kier alpha value is -0.0400. The lowest BCUT2D eigenvalue weighted by atomic mass is 9.44. The van der Waals surface area contributed by atoms with Crippen LogP contribution in [0.15, 0.2) is 0 Å². The fourth-order valence-electron chi connectivity index (χ4n) is 9.13. The molecule has 4 aliphatic carbocycles. The molecule has 4 saturated carbocycles. The van der Waals surface area contributed by atoms with Crippen LogP contribution >= 0.6 is 0 Å². The number of fused-ring (bicyclic) bond motifs is 5. The minimum absolute atomic E-state index is 0.00619. The molecule has 0 heterocycles. The number of aliphatic hydroxyl groups excluding tert-OH is 1. The number of hydrogen-bond acceptors (Lipinski definition) is 1.